The van der Waals surface area contributed by atoms with Gasteiger partial charge in [-0.1, -0.05) is 37.3 Å². The quantitative estimate of drug-likeness (QED) is 0.513. The lowest BCUT2D eigenvalue weighted by molar-refractivity contribution is 0.0958. The summed E-state index contributed by atoms with van der Waals surface area (Å²) in [5.41, 5.74) is 1.91. The number of anilines is 1. The molecule has 8 heteroatoms. The fourth-order valence-electron chi connectivity index (χ4n) is 2.46. The van der Waals surface area contributed by atoms with E-state index < -0.39 is 0 Å². The number of H-pyrrole nitrogens is 1. The molecule has 3 amide bonds. The molecule has 0 fully saturated rings. The Balaban J connectivity index is 1.59. The predicted molar refractivity (Wildman–Crippen MR) is 104 cm³/mol. The van der Waals surface area contributed by atoms with E-state index in [4.69, 9.17) is 0 Å². The van der Waals surface area contributed by atoms with E-state index in [1.54, 1.807) is 6.07 Å². The van der Waals surface area contributed by atoms with Crippen molar-refractivity contribution in [3.63, 3.8) is 0 Å². The second kappa shape index (κ2) is 8.48. The first-order valence-corrected chi connectivity index (χ1v) is 9.34. The summed E-state index contributed by atoms with van der Waals surface area (Å²) in [6, 6.07) is 11.5. The van der Waals surface area contributed by atoms with Gasteiger partial charge in [0.2, 0.25) is 0 Å². The molecular weight excluding hydrogens is 350 g/mol. The molecule has 3 aromatic rings. The SMILES string of the molecule is CCCNC(=O)Nc1n[nH]c2cc(C(=O)NCCc3ccccc3)sc12. The van der Waals surface area contributed by atoms with Crippen LogP contribution in [-0.4, -0.2) is 35.2 Å². The number of carbonyl (C=O) groups excluding carboxylic acids is 2. The zero-order chi connectivity index (χ0) is 18.4. The number of hydrogen-bond acceptors (Lipinski definition) is 4. The number of rotatable bonds is 7. The largest absolute Gasteiger partial charge is 0.351 e. The molecule has 0 atom stereocenters. The third kappa shape index (κ3) is 4.40. The zero-order valence-corrected chi connectivity index (χ0v) is 15.3. The van der Waals surface area contributed by atoms with Crippen molar-refractivity contribution in [2.75, 3.05) is 18.4 Å². The highest BCUT2D eigenvalue weighted by Crippen LogP contribution is 2.29. The Labute approximate surface area is 155 Å². The Morgan fingerprint density at radius 1 is 1.15 bits per heavy atom. The lowest BCUT2D eigenvalue weighted by Gasteiger charge is -2.04. The molecule has 0 radical (unpaired) electrons. The second-order valence-electron chi connectivity index (χ2n) is 5.80. The molecule has 0 spiro atoms. The van der Waals surface area contributed by atoms with Gasteiger partial charge in [-0.3, -0.25) is 15.2 Å². The molecule has 0 saturated carbocycles. The van der Waals surface area contributed by atoms with Crippen molar-refractivity contribution < 1.29 is 9.59 Å². The Bertz CT molecular complexity index is 888. The average Bonchev–Trinajstić information content (AvgIpc) is 3.23. The van der Waals surface area contributed by atoms with Crippen molar-refractivity contribution in [3.05, 3.63) is 46.8 Å². The first kappa shape index (κ1) is 17.9. The minimum atomic E-state index is -0.303. The van der Waals surface area contributed by atoms with Gasteiger partial charge in [-0.05, 0) is 24.5 Å². The van der Waals surface area contributed by atoms with Crippen molar-refractivity contribution in [1.29, 1.82) is 0 Å². The van der Waals surface area contributed by atoms with Crippen molar-refractivity contribution in [3.8, 4) is 0 Å². The predicted octanol–water partition coefficient (Wildman–Crippen LogP) is 3.13. The summed E-state index contributed by atoms with van der Waals surface area (Å²) < 4.78 is 0.754. The summed E-state index contributed by atoms with van der Waals surface area (Å²) in [5, 5.41) is 15.3. The van der Waals surface area contributed by atoms with Crippen molar-refractivity contribution >= 4 is 39.3 Å². The minimum Gasteiger partial charge on any atom is -0.351 e. The summed E-state index contributed by atoms with van der Waals surface area (Å²) in [6.45, 7) is 3.14. The van der Waals surface area contributed by atoms with E-state index >= 15 is 0 Å². The first-order valence-electron chi connectivity index (χ1n) is 8.52. The van der Waals surface area contributed by atoms with Gasteiger partial charge in [0.05, 0.1) is 15.1 Å². The standard InChI is InChI=1S/C18H21N5O2S/c1-2-9-20-18(25)21-16-15-13(22-23-16)11-14(26-15)17(24)19-10-8-12-6-4-3-5-7-12/h3-7,11H,2,8-10H2,1H3,(H,19,24)(H3,20,21,22,23,25). The van der Waals surface area contributed by atoms with Gasteiger partial charge in [-0.2, -0.15) is 5.10 Å². The Morgan fingerprint density at radius 3 is 2.73 bits per heavy atom. The maximum absolute atomic E-state index is 12.3. The van der Waals surface area contributed by atoms with E-state index in [1.165, 1.54) is 16.9 Å². The highest BCUT2D eigenvalue weighted by atomic mass is 32.1. The topological polar surface area (TPSA) is 98.9 Å². The monoisotopic (exact) mass is 371 g/mol. The molecule has 2 heterocycles. The minimum absolute atomic E-state index is 0.128. The molecule has 26 heavy (non-hydrogen) atoms. The number of nitrogens with one attached hydrogen (secondary N) is 4. The highest BCUT2D eigenvalue weighted by molar-refractivity contribution is 7.21. The molecule has 0 aliphatic rings. The first-order chi connectivity index (χ1) is 12.7. The molecule has 4 N–H and O–H groups in total. The van der Waals surface area contributed by atoms with Gasteiger partial charge >= 0.3 is 6.03 Å². The number of aromatic amines is 1. The van der Waals surface area contributed by atoms with Gasteiger partial charge < -0.3 is 10.6 Å². The maximum atomic E-state index is 12.3. The molecule has 3 rings (SSSR count). The number of hydrogen-bond donors (Lipinski definition) is 4. The molecular formula is C18H21N5O2S. The van der Waals surface area contributed by atoms with E-state index in [0.717, 1.165) is 23.1 Å². The fourth-order valence-corrected chi connectivity index (χ4v) is 3.43. The molecule has 2 aromatic heterocycles. The van der Waals surface area contributed by atoms with E-state index in [2.05, 4.69) is 26.1 Å². The van der Waals surface area contributed by atoms with E-state index in [1.807, 2.05) is 37.3 Å². The fraction of sp³-hybridized carbons (Fsp3) is 0.278. The molecule has 136 valence electrons. The molecule has 0 unspecified atom stereocenters. The summed E-state index contributed by atoms with van der Waals surface area (Å²) in [7, 11) is 0. The van der Waals surface area contributed by atoms with Crippen LogP contribution in [0.5, 0.6) is 0 Å². The number of nitrogens with zero attached hydrogens (tertiary/aromatic N) is 1. The Hall–Kier alpha value is -2.87. The van der Waals surface area contributed by atoms with Crippen molar-refractivity contribution in [2.45, 2.75) is 19.8 Å². The summed E-state index contributed by atoms with van der Waals surface area (Å²) in [4.78, 5) is 24.7. The number of benzene rings is 1. The average molecular weight is 371 g/mol. The highest BCUT2D eigenvalue weighted by Gasteiger charge is 2.16. The molecule has 1 aromatic carbocycles. The number of carbonyl (C=O) groups is 2. The molecule has 7 nitrogen and oxygen atoms in total. The van der Waals surface area contributed by atoms with Gasteiger partial charge in [0.25, 0.3) is 5.91 Å². The van der Waals surface area contributed by atoms with E-state index in [9.17, 15) is 9.59 Å². The van der Waals surface area contributed by atoms with Crippen molar-refractivity contribution in [2.24, 2.45) is 0 Å². The molecule has 0 aliphatic carbocycles. The van der Waals surface area contributed by atoms with Crippen LogP contribution in [0.3, 0.4) is 0 Å². The van der Waals surface area contributed by atoms with Crippen LogP contribution in [0.1, 0.15) is 28.6 Å². The van der Waals surface area contributed by atoms with Crippen LogP contribution in [0.4, 0.5) is 10.6 Å². The summed E-state index contributed by atoms with van der Waals surface area (Å²) >= 11 is 1.30. The lowest BCUT2D eigenvalue weighted by Crippen LogP contribution is -2.29. The number of amides is 3. The molecule has 0 aliphatic heterocycles. The van der Waals surface area contributed by atoms with Crippen LogP contribution in [0, 0.1) is 0 Å². The molecule has 0 bridgehead atoms. The van der Waals surface area contributed by atoms with Crippen LogP contribution in [-0.2, 0) is 6.42 Å². The zero-order valence-electron chi connectivity index (χ0n) is 14.5. The summed E-state index contributed by atoms with van der Waals surface area (Å²) in [5.74, 6) is 0.304. The van der Waals surface area contributed by atoms with Crippen LogP contribution >= 0.6 is 11.3 Å². The Morgan fingerprint density at radius 2 is 1.96 bits per heavy atom. The van der Waals surface area contributed by atoms with Gasteiger partial charge in [-0.15, -0.1) is 11.3 Å². The smallest absolute Gasteiger partial charge is 0.320 e. The Kier molecular flexibility index (Phi) is 5.85. The van der Waals surface area contributed by atoms with E-state index in [-0.39, 0.29) is 11.9 Å². The third-order valence-corrected chi connectivity index (χ3v) is 4.91. The molecule has 0 saturated heterocycles. The second-order valence-corrected chi connectivity index (χ2v) is 6.85. The third-order valence-electron chi connectivity index (χ3n) is 3.77. The number of urea groups is 1. The van der Waals surface area contributed by atoms with Gasteiger partial charge in [-0.25, -0.2) is 4.79 Å². The maximum Gasteiger partial charge on any atom is 0.320 e. The van der Waals surface area contributed by atoms with Gasteiger partial charge in [0.1, 0.15) is 0 Å². The van der Waals surface area contributed by atoms with Gasteiger partial charge in [0.15, 0.2) is 5.82 Å². The van der Waals surface area contributed by atoms with Gasteiger partial charge in [0, 0.05) is 13.1 Å². The van der Waals surface area contributed by atoms with E-state index in [0.29, 0.717) is 23.8 Å². The van der Waals surface area contributed by atoms with Crippen LogP contribution in [0.15, 0.2) is 36.4 Å². The summed E-state index contributed by atoms with van der Waals surface area (Å²) in [6.07, 6.45) is 1.64. The van der Waals surface area contributed by atoms with Crippen LogP contribution in [0.2, 0.25) is 0 Å². The number of aromatic nitrogens is 2. The van der Waals surface area contributed by atoms with Crippen LogP contribution in [0.25, 0.3) is 10.2 Å². The van der Waals surface area contributed by atoms with Crippen LogP contribution < -0.4 is 16.0 Å². The number of fused-ring (bicyclic) bond motifs is 1. The number of thiophene rings is 1. The van der Waals surface area contributed by atoms with Crippen molar-refractivity contribution in [1.82, 2.24) is 20.8 Å². The lowest BCUT2D eigenvalue weighted by atomic mass is 10.1. The normalized spacial score (nSPS) is 10.7.